The molecule has 1 aromatic carbocycles. The number of hydrogen-bond acceptors (Lipinski definition) is 4. The zero-order valence-electron chi connectivity index (χ0n) is 12.6. The van der Waals surface area contributed by atoms with Gasteiger partial charge in [0.2, 0.25) is 0 Å². The summed E-state index contributed by atoms with van der Waals surface area (Å²) < 4.78 is 4.76. The van der Waals surface area contributed by atoms with Crippen molar-refractivity contribution in [1.29, 1.82) is 0 Å². The Morgan fingerprint density at radius 2 is 2.29 bits per heavy atom. The molecule has 1 unspecified atom stereocenters. The Morgan fingerprint density at radius 3 is 3.00 bits per heavy atom. The van der Waals surface area contributed by atoms with Crippen LogP contribution in [0.5, 0.6) is 0 Å². The Kier molecular flexibility index (Phi) is 7.72. The maximum Gasteiger partial charge on any atom is 0.337 e. The van der Waals surface area contributed by atoms with Crippen LogP contribution in [0.25, 0.3) is 0 Å². The molecule has 1 aromatic rings. The first kappa shape index (κ1) is 18.0. The van der Waals surface area contributed by atoms with Gasteiger partial charge in [0.25, 0.3) is 0 Å². The van der Waals surface area contributed by atoms with Gasteiger partial charge in [-0.3, -0.25) is 4.90 Å². The average Bonchev–Trinajstić information content (AvgIpc) is 2.47. The number of carbonyl (C=O) groups excluding carboxylic acids is 1. The monoisotopic (exact) mass is 312 g/mol. The molecule has 1 saturated heterocycles. The van der Waals surface area contributed by atoms with E-state index in [1.807, 2.05) is 12.1 Å². The van der Waals surface area contributed by atoms with Crippen molar-refractivity contribution in [3.05, 3.63) is 35.4 Å². The van der Waals surface area contributed by atoms with Gasteiger partial charge in [-0.05, 0) is 56.0 Å². The van der Waals surface area contributed by atoms with Crippen LogP contribution in [-0.4, -0.2) is 37.6 Å². The Morgan fingerprint density at radius 1 is 1.48 bits per heavy atom. The maximum atomic E-state index is 11.5. The predicted octanol–water partition coefficient (Wildman–Crippen LogP) is 2.46. The Balaban J connectivity index is 0.00000220. The first-order valence-corrected chi connectivity index (χ1v) is 7.32. The summed E-state index contributed by atoms with van der Waals surface area (Å²) in [4.78, 5) is 14.0. The molecule has 1 heterocycles. The van der Waals surface area contributed by atoms with Crippen LogP contribution in [0.15, 0.2) is 24.3 Å². The predicted molar refractivity (Wildman–Crippen MR) is 86.7 cm³/mol. The minimum absolute atomic E-state index is 0. The Labute approximate surface area is 133 Å². The van der Waals surface area contributed by atoms with Crippen molar-refractivity contribution in [2.75, 3.05) is 26.7 Å². The SMILES string of the molecule is COC(=O)c1cccc(CN2CCCC(CCN)C2)c1.Cl. The summed E-state index contributed by atoms with van der Waals surface area (Å²) in [6.07, 6.45) is 3.63. The van der Waals surface area contributed by atoms with E-state index >= 15 is 0 Å². The van der Waals surface area contributed by atoms with Gasteiger partial charge >= 0.3 is 5.97 Å². The number of halogens is 1. The first-order valence-electron chi connectivity index (χ1n) is 7.32. The average molecular weight is 313 g/mol. The summed E-state index contributed by atoms with van der Waals surface area (Å²) >= 11 is 0. The third kappa shape index (κ3) is 5.30. The highest BCUT2D eigenvalue weighted by molar-refractivity contribution is 5.89. The lowest BCUT2D eigenvalue weighted by molar-refractivity contribution is 0.0600. The molecule has 118 valence electrons. The number of methoxy groups -OCH3 is 1. The van der Waals surface area contributed by atoms with Gasteiger partial charge in [-0.2, -0.15) is 0 Å². The fourth-order valence-electron chi connectivity index (χ4n) is 2.94. The second-order valence-corrected chi connectivity index (χ2v) is 5.51. The van der Waals surface area contributed by atoms with Crippen molar-refractivity contribution in [2.24, 2.45) is 11.7 Å². The van der Waals surface area contributed by atoms with Gasteiger partial charge in [0.15, 0.2) is 0 Å². The number of carbonyl (C=O) groups is 1. The molecule has 1 aliphatic rings. The third-order valence-corrected chi connectivity index (χ3v) is 3.93. The highest BCUT2D eigenvalue weighted by atomic mass is 35.5. The summed E-state index contributed by atoms with van der Waals surface area (Å²) in [5.74, 6) is 0.448. The number of nitrogens with two attached hydrogens (primary N) is 1. The van der Waals surface area contributed by atoms with Crippen molar-refractivity contribution in [3.8, 4) is 0 Å². The number of benzene rings is 1. The lowest BCUT2D eigenvalue weighted by Crippen LogP contribution is -2.35. The molecule has 0 radical (unpaired) electrons. The molecule has 2 rings (SSSR count). The highest BCUT2D eigenvalue weighted by Crippen LogP contribution is 2.21. The van der Waals surface area contributed by atoms with E-state index in [-0.39, 0.29) is 18.4 Å². The van der Waals surface area contributed by atoms with Crippen molar-refractivity contribution in [3.63, 3.8) is 0 Å². The third-order valence-electron chi connectivity index (χ3n) is 3.93. The van der Waals surface area contributed by atoms with Crippen molar-refractivity contribution >= 4 is 18.4 Å². The maximum absolute atomic E-state index is 11.5. The lowest BCUT2D eigenvalue weighted by Gasteiger charge is -2.32. The second-order valence-electron chi connectivity index (χ2n) is 5.51. The Hall–Kier alpha value is -1.10. The molecule has 0 amide bonds. The standard InChI is InChI=1S/C16H24N2O2.ClH/c1-20-16(19)15-6-2-4-14(10-15)12-18-9-3-5-13(11-18)7-8-17;/h2,4,6,10,13H,3,5,7-9,11-12,17H2,1H3;1H. The molecule has 1 aliphatic heterocycles. The van der Waals surface area contributed by atoms with E-state index < -0.39 is 0 Å². The zero-order chi connectivity index (χ0) is 14.4. The van der Waals surface area contributed by atoms with Crippen LogP contribution in [0.3, 0.4) is 0 Å². The molecular weight excluding hydrogens is 288 g/mol. The molecule has 21 heavy (non-hydrogen) atoms. The van der Waals surface area contributed by atoms with E-state index in [4.69, 9.17) is 10.5 Å². The summed E-state index contributed by atoms with van der Waals surface area (Å²) in [5.41, 5.74) is 7.45. The highest BCUT2D eigenvalue weighted by Gasteiger charge is 2.19. The number of piperidine rings is 1. The van der Waals surface area contributed by atoms with Gasteiger partial charge in [0, 0.05) is 13.1 Å². The molecule has 0 bridgehead atoms. The topological polar surface area (TPSA) is 55.6 Å². The van der Waals surface area contributed by atoms with Gasteiger partial charge in [0.1, 0.15) is 0 Å². The van der Waals surface area contributed by atoms with Gasteiger partial charge in [0.05, 0.1) is 12.7 Å². The van der Waals surface area contributed by atoms with Crippen LogP contribution in [0, 0.1) is 5.92 Å². The van der Waals surface area contributed by atoms with Crippen LogP contribution in [0.2, 0.25) is 0 Å². The van der Waals surface area contributed by atoms with E-state index in [0.29, 0.717) is 5.56 Å². The van der Waals surface area contributed by atoms with Crippen LogP contribution in [0.4, 0.5) is 0 Å². The van der Waals surface area contributed by atoms with E-state index in [2.05, 4.69) is 11.0 Å². The minimum atomic E-state index is -0.272. The summed E-state index contributed by atoms with van der Waals surface area (Å²) in [6.45, 7) is 3.91. The molecule has 1 atom stereocenters. The number of ether oxygens (including phenoxy) is 1. The van der Waals surface area contributed by atoms with Crippen LogP contribution >= 0.6 is 12.4 Å². The van der Waals surface area contributed by atoms with Crippen molar-refractivity contribution in [1.82, 2.24) is 4.90 Å². The van der Waals surface area contributed by atoms with E-state index in [1.54, 1.807) is 6.07 Å². The number of esters is 1. The normalized spacial score (nSPS) is 18.9. The molecule has 5 heteroatoms. The van der Waals surface area contributed by atoms with Gasteiger partial charge in [-0.25, -0.2) is 4.79 Å². The molecule has 0 spiro atoms. The lowest BCUT2D eigenvalue weighted by atomic mass is 9.94. The number of rotatable bonds is 5. The molecule has 0 saturated carbocycles. The quantitative estimate of drug-likeness (QED) is 0.849. The van der Waals surface area contributed by atoms with Crippen molar-refractivity contribution in [2.45, 2.75) is 25.8 Å². The fourth-order valence-corrected chi connectivity index (χ4v) is 2.94. The molecule has 4 nitrogen and oxygen atoms in total. The van der Waals surface area contributed by atoms with Crippen LogP contribution in [0.1, 0.15) is 35.2 Å². The number of likely N-dealkylation sites (tertiary alicyclic amines) is 1. The van der Waals surface area contributed by atoms with Crippen LogP contribution in [-0.2, 0) is 11.3 Å². The molecular formula is C16H25ClN2O2. The summed E-state index contributed by atoms with van der Waals surface area (Å²) in [5, 5.41) is 0. The van der Waals surface area contributed by atoms with E-state index in [9.17, 15) is 4.79 Å². The van der Waals surface area contributed by atoms with Gasteiger partial charge in [-0.1, -0.05) is 12.1 Å². The summed E-state index contributed by atoms with van der Waals surface area (Å²) in [7, 11) is 1.41. The zero-order valence-corrected chi connectivity index (χ0v) is 13.4. The van der Waals surface area contributed by atoms with Crippen LogP contribution < -0.4 is 5.73 Å². The van der Waals surface area contributed by atoms with Gasteiger partial charge < -0.3 is 10.5 Å². The first-order chi connectivity index (χ1) is 9.72. The summed E-state index contributed by atoms with van der Waals surface area (Å²) in [6, 6.07) is 7.71. The van der Waals surface area contributed by atoms with Crippen molar-refractivity contribution < 1.29 is 9.53 Å². The second kappa shape index (κ2) is 9.03. The smallest absolute Gasteiger partial charge is 0.337 e. The molecule has 1 fully saturated rings. The van der Waals surface area contributed by atoms with Gasteiger partial charge in [-0.15, -0.1) is 12.4 Å². The van der Waals surface area contributed by atoms with E-state index in [0.717, 1.165) is 38.5 Å². The molecule has 2 N–H and O–H groups in total. The Bertz CT molecular complexity index is 452. The minimum Gasteiger partial charge on any atom is -0.465 e. The molecule has 0 aromatic heterocycles. The molecule has 0 aliphatic carbocycles. The fraction of sp³-hybridized carbons (Fsp3) is 0.562. The number of nitrogens with zero attached hydrogens (tertiary/aromatic N) is 1. The largest absolute Gasteiger partial charge is 0.465 e. The van der Waals surface area contributed by atoms with E-state index in [1.165, 1.54) is 25.5 Å². The number of hydrogen-bond donors (Lipinski definition) is 1.